The second-order valence-corrected chi connectivity index (χ2v) is 5.78. The molecule has 1 heterocycles. The lowest BCUT2D eigenvalue weighted by Crippen LogP contribution is -2.23. The first-order valence-electron chi connectivity index (χ1n) is 7.34. The zero-order chi connectivity index (χ0) is 17.6. The van der Waals surface area contributed by atoms with Gasteiger partial charge in [-0.05, 0) is 18.2 Å². The fraction of sp³-hybridized carbons (Fsp3) is 0. The summed E-state index contributed by atoms with van der Waals surface area (Å²) < 4.78 is 10.7. The molecule has 0 N–H and O–H groups in total. The first kappa shape index (κ1) is 15.4. The molecule has 0 amide bonds. The number of carbonyl (C=O) groups excluding carboxylic acids is 2. The molecule has 6 heteroatoms. The topological polar surface area (TPSA) is 73.6 Å². The summed E-state index contributed by atoms with van der Waals surface area (Å²) >= 11 is 6.06. The number of halogens is 1. The van der Waals surface area contributed by atoms with Crippen LogP contribution >= 0.6 is 11.6 Å². The summed E-state index contributed by atoms with van der Waals surface area (Å²) in [6.45, 7) is 0. The van der Waals surface area contributed by atoms with Gasteiger partial charge in [0.1, 0.15) is 16.4 Å². The van der Waals surface area contributed by atoms with Crippen molar-refractivity contribution in [3.8, 4) is 5.75 Å². The lowest BCUT2D eigenvalue weighted by molar-refractivity contribution is 0.0943. The predicted octanol–water partition coefficient (Wildman–Crippen LogP) is 3.70. The van der Waals surface area contributed by atoms with Crippen molar-refractivity contribution >= 4 is 34.1 Å². The van der Waals surface area contributed by atoms with Gasteiger partial charge < -0.3 is 9.15 Å². The minimum Gasteiger partial charge on any atom is -0.451 e. The van der Waals surface area contributed by atoms with Gasteiger partial charge in [0, 0.05) is 28.6 Å². The van der Waals surface area contributed by atoms with Gasteiger partial charge in [-0.25, -0.2) is 4.79 Å². The van der Waals surface area contributed by atoms with Crippen LogP contribution in [0.4, 0.5) is 0 Å². The second-order valence-electron chi connectivity index (χ2n) is 5.40. The summed E-state index contributed by atoms with van der Waals surface area (Å²) in [7, 11) is 0. The number of carbonyl (C=O) groups is 2. The Kier molecular flexibility index (Phi) is 3.51. The van der Waals surface area contributed by atoms with Gasteiger partial charge in [0.2, 0.25) is 11.6 Å². The quantitative estimate of drug-likeness (QED) is 0.657. The summed E-state index contributed by atoms with van der Waals surface area (Å²) in [5.74, 6) is -0.965. The van der Waals surface area contributed by atoms with E-state index in [2.05, 4.69) is 0 Å². The molecule has 1 aliphatic carbocycles. The third kappa shape index (κ3) is 2.55. The second kappa shape index (κ2) is 5.72. The van der Waals surface area contributed by atoms with E-state index in [1.165, 1.54) is 12.1 Å². The van der Waals surface area contributed by atoms with Crippen LogP contribution in [0.3, 0.4) is 0 Å². The van der Waals surface area contributed by atoms with Gasteiger partial charge in [-0.1, -0.05) is 35.9 Å². The number of Topliss-reactive ketones (excluding diaryl/α,β-unsaturated/α-hetero) is 2. The SMILES string of the molecule is O=C1C(Cl)=C(Oc2ccc3ccc(=O)oc3c2)C(=O)c2ccccc21. The maximum Gasteiger partial charge on any atom is 0.336 e. The molecule has 1 aliphatic rings. The Labute approximate surface area is 146 Å². The van der Waals surface area contributed by atoms with E-state index >= 15 is 0 Å². The van der Waals surface area contributed by atoms with Crippen LogP contribution in [-0.4, -0.2) is 11.6 Å². The highest BCUT2D eigenvalue weighted by molar-refractivity contribution is 6.49. The molecule has 0 aliphatic heterocycles. The molecule has 0 radical (unpaired) electrons. The number of ketones is 2. The molecule has 122 valence electrons. The van der Waals surface area contributed by atoms with E-state index in [0.717, 1.165) is 0 Å². The minimum atomic E-state index is -0.500. The Hall–Kier alpha value is -3.18. The van der Waals surface area contributed by atoms with Crippen molar-refractivity contribution in [2.45, 2.75) is 0 Å². The molecular formula is C19H9ClO5. The Bertz CT molecular complexity index is 1140. The lowest BCUT2D eigenvalue weighted by atomic mass is 9.93. The van der Waals surface area contributed by atoms with Gasteiger partial charge >= 0.3 is 5.63 Å². The Morgan fingerprint density at radius 2 is 1.52 bits per heavy atom. The normalized spacial score (nSPS) is 14.0. The van der Waals surface area contributed by atoms with Crippen molar-refractivity contribution in [2.24, 2.45) is 0 Å². The van der Waals surface area contributed by atoms with E-state index in [-0.39, 0.29) is 27.7 Å². The molecule has 0 unspecified atom stereocenters. The van der Waals surface area contributed by atoms with Gasteiger partial charge in [-0.3, -0.25) is 9.59 Å². The first-order chi connectivity index (χ1) is 12.0. The fourth-order valence-electron chi connectivity index (χ4n) is 2.64. The van der Waals surface area contributed by atoms with Crippen molar-refractivity contribution in [2.75, 3.05) is 0 Å². The van der Waals surface area contributed by atoms with E-state index in [4.69, 9.17) is 20.8 Å². The number of benzene rings is 2. The van der Waals surface area contributed by atoms with Gasteiger partial charge in [0.15, 0.2) is 5.76 Å². The van der Waals surface area contributed by atoms with Crippen molar-refractivity contribution in [1.82, 2.24) is 0 Å². The van der Waals surface area contributed by atoms with E-state index in [0.29, 0.717) is 11.0 Å². The third-order valence-electron chi connectivity index (χ3n) is 3.84. The molecule has 1 aromatic heterocycles. The standard InChI is InChI=1S/C19H9ClO5/c20-16-17(22)12-3-1-2-4-13(12)18(23)19(16)24-11-7-5-10-6-8-15(21)25-14(10)9-11/h1-9H. The largest absolute Gasteiger partial charge is 0.451 e. The average Bonchev–Trinajstić information content (AvgIpc) is 2.63. The van der Waals surface area contributed by atoms with Gasteiger partial charge in [0.25, 0.3) is 0 Å². The van der Waals surface area contributed by atoms with Gasteiger partial charge in [0.05, 0.1) is 0 Å². The maximum atomic E-state index is 12.6. The van der Waals surface area contributed by atoms with Gasteiger partial charge in [-0.2, -0.15) is 0 Å². The molecule has 0 fully saturated rings. The van der Waals surface area contributed by atoms with Crippen LogP contribution in [0, 0.1) is 0 Å². The number of fused-ring (bicyclic) bond motifs is 2. The Morgan fingerprint density at radius 1 is 0.840 bits per heavy atom. The molecule has 0 atom stereocenters. The molecule has 3 aromatic rings. The highest BCUT2D eigenvalue weighted by Gasteiger charge is 2.33. The lowest BCUT2D eigenvalue weighted by Gasteiger charge is -2.17. The average molecular weight is 353 g/mol. The van der Waals surface area contributed by atoms with Crippen LogP contribution in [0.5, 0.6) is 5.75 Å². The minimum absolute atomic E-state index is 0.232. The van der Waals surface area contributed by atoms with Crippen LogP contribution in [0.25, 0.3) is 11.0 Å². The Balaban J connectivity index is 1.78. The molecule has 2 aromatic carbocycles. The summed E-state index contributed by atoms with van der Waals surface area (Å²) in [4.78, 5) is 36.3. The van der Waals surface area contributed by atoms with Crippen LogP contribution in [-0.2, 0) is 0 Å². The van der Waals surface area contributed by atoms with Crippen LogP contribution in [0.2, 0.25) is 0 Å². The molecule has 0 saturated heterocycles. The monoisotopic (exact) mass is 352 g/mol. The Morgan fingerprint density at radius 3 is 2.28 bits per heavy atom. The third-order valence-corrected chi connectivity index (χ3v) is 4.18. The number of allylic oxidation sites excluding steroid dienone is 2. The summed E-state index contributed by atoms with van der Waals surface area (Å²) in [6, 6.07) is 14.1. The van der Waals surface area contributed by atoms with Crippen molar-refractivity contribution in [3.05, 3.63) is 86.9 Å². The van der Waals surface area contributed by atoms with Crippen molar-refractivity contribution in [3.63, 3.8) is 0 Å². The van der Waals surface area contributed by atoms with E-state index < -0.39 is 17.2 Å². The van der Waals surface area contributed by atoms with E-state index in [9.17, 15) is 14.4 Å². The first-order valence-corrected chi connectivity index (χ1v) is 7.72. The predicted molar refractivity (Wildman–Crippen MR) is 91.1 cm³/mol. The zero-order valence-corrected chi connectivity index (χ0v) is 13.4. The molecule has 5 nitrogen and oxygen atoms in total. The smallest absolute Gasteiger partial charge is 0.336 e. The summed E-state index contributed by atoms with van der Waals surface area (Å²) in [5, 5.41) is 0.418. The summed E-state index contributed by atoms with van der Waals surface area (Å²) in [6.07, 6.45) is 0. The highest BCUT2D eigenvalue weighted by atomic mass is 35.5. The molecular weight excluding hydrogens is 344 g/mol. The number of rotatable bonds is 2. The van der Waals surface area contributed by atoms with Crippen LogP contribution < -0.4 is 10.4 Å². The molecule has 0 bridgehead atoms. The number of hydrogen-bond acceptors (Lipinski definition) is 5. The summed E-state index contributed by atoms with van der Waals surface area (Å²) in [5.41, 5.74) is 0.282. The fourth-order valence-corrected chi connectivity index (χ4v) is 2.86. The molecule has 4 rings (SSSR count). The van der Waals surface area contributed by atoms with Crippen LogP contribution in [0.15, 0.2) is 74.6 Å². The molecule has 25 heavy (non-hydrogen) atoms. The van der Waals surface area contributed by atoms with Crippen molar-refractivity contribution in [1.29, 1.82) is 0 Å². The van der Waals surface area contributed by atoms with Crippen molar-refractivity contribution < 1.29 is 18.7 Å². The van der Waals surface area contributed by atoms with E-state index in [1.54, 1.807) is 42.5 Å². The molecule has 0 saturated carbocycles. The molecule has 0 spiro atoms. The maximum absolute atomic E-state index is 12.6. The zero-order valence-electron chi connectivity index (χ0n) is 12.6. The van der Waals surface area contributed by atoms with Crippen LogP contribution in [0.1, 0.15) is 20.7 Å². The highest BCUT2D eigenvalue weighted by Crippen LogP contribution is 2.31. The number of ether oxygens (including phenoxy) is 1. The number of hydrogen-bond donors (Lipinski definition) is 0. The van der Waals surface area contributed by atoms with E-state index in [1.807, 2.05) is 0 Å². The van der Waals surface area contributed by atoms with Gasteiger partial charge in [-0.15, -0.1) is 0 Å².